The standard InChI is InChI=1S/C14H19NO2S/c1-8-3-2-4-10(7-8)13-15-11(9-5-6-9)12(18-13)14(16)17/h8-10H,2-7H2,1H3,(H,16,17). The molecule has 0 bridgehead atoms. The molecule has 3 nitrogen and oxygen atoms in total. The highest BCUT2D eigenvalue weighted by molar-refractivity contribution is 7.13. The number of hydrogen-bond acceptors (Lipinski definition) is 3. The van der Waals surface area contributed by atoms with Crippen LogP contribution in [0.4, 0.5) is 0 Å². The van der Waals surface area contributed by atoms with Crippen LogP contribution in [0.5, 0.6) is 0 Å². The molecule has 2 fully saturated rings. The van der Waals surface area contributed by atoms with E-state index in [1.165, 1.54) is 37.0 Å². The fourth-order valence-corrected chi connectivity index (χ4v) is 4.11. The van der Waals surface area contributed by atoms with E-state index in [1.54, 1.807) is 0 Å². The van der Waals surface area contributed by atoms with Crippen LogP contribution in [-0.4, -0.2) is 16.1 Å². The predicted octanol–water partition coefficient (Wildman–Crippen LogP) is 4.01. The summed E-state index contributed by atoms with van der Waals surface area (Å²) in [4.78, 5) is 16.5. The average molecular weight is 265 g/mol. The van der Waals surface area contributed by atoms with Crippen molar-refractivity contribution in [3.8, 4) is 0 Å². The number of rotatable bonds is 3. The van der Waals surface area contributed by atoms with E-state index in [1.807, 2.05) is 0 Å². The lowest BCUT2D eigenvalue weighted by Gasteiger charge is -2.24. The van der Waals surface area contributed by atoms with Crippen LogP contribution in [0.15, 0.2) is 0 Å². The second-order valence-electron chi connectivity index (χ2n) is 5.81. The molecule has 4 heteroatoms. The highest BCUT2D eigenvalue weighted by Crippen LogP contribution is 2.45. The molecule has 1 aromatic heterocycles. The first-order valence-electron chi connectivity index (χ1n) is 6.89. The zero-order valence-corrected chi connectivity index (χ0v) is 11.5. The van der Waals surface area contributed by atoms with Crippen molar-refractivity contribution in [2.24, 2.45) is 5.92 Å². The number of aromatic carboxylic acids is 1. The quantitative estimate of drug-likeness (QED) is 0.898. The molecule has 3 rings (SSSR count). The van der Waals surface area contributed by atoms with Crippen molar-refractivity contribution in [2.75, 3.05) is 0 Å². The molecule has 1 heterocycles. The summed E-state index contributed by atoms with van der Waals surface area (Å²) in [6, 6.07) is 0. The van der Waals surface area contributed by atoms with E-state index >= 15 is 0 Å². The van der Waals surface area contributed by atoms with Crippen LogP contribution in [0.3, 0.4) is 0 Å². The summed E-state index contributed by atoms with van der Waals surface area (Å²) >= 11 is 1.43. The van der Waals surface area contributed by atoms with Gasteiger partial charge >= 0.3 is 5.97 Å². The molecular formula is C14H19NO2S. The van der Waals surface area contributed by atoms with E-state index in [-0.39, 0.29) is 0 Å². The molecule has 0 amide bonds. The van der Waals surface area contributed by atoms with Crippen LogP contribution in [0, 0.1) is 5.92 Å². The topological polar surface area (TPSA) is 50.2 Å². The van der Waals surface area contributed by atoms with Gasteiger partial charge in [-0.3, -0.25) is 0 Å². The van der Waals surface area contributed by atoms with Crippen LogP contribution >= 0.6 is 11.3 Å². The number of carbonyl (C=O) groups is 1. The van der Waals surface area contributed by atoms with Crippen molar-refractivity contribution in [2.45, 2.75) is 57.3 Å². The summed E-state index contributed by atoms with van der Waals surface area (Å²) in [5.74, 6) is 0.904. The van der Waals surface area contributed by atoms with Gasteiger partial charge in [-0.05, 0) is 31.6 Å². The van der Waals surface area contributed by atoms with E-state index in [0.29, 0.717) is 16.7 Å². The van der Waals surface area contributed by atoms with Gasteiger partial charge in [-0.2, -0.15) is 0 Å². The van der Waals surface area contributed by atoms with E-state index < -0.39 is 5.97 Å². The van der Waals surface area contributed by atoms with Crippen molar-refractivity contribution in [3.05, 3.63) is 15.6 Å². The zero-order chi connectivity index (χ0) is 12.7. The lowest BCUT2D eigenvalue weighted by Crippen LogP contribution is -2.11. The van der Waals surface area contributed by atoms with Gasteiger partial charge in [0.15, 0.2) is 0 Å². The third-order valence-electron chi connectivity index (χ3n) is 4.11. The number of thiazole rings is 1. The highest BCUT2D eigenvalue weighted by Gasteiger charge is 2.34. The van der Waals surface area contributed by atoms with Crippen molar-refractivity contribution in [3.63, 3.8) is 0 Å². The maximum atomic E-state index is 11.3. The predicted molar refractivity (Wildman–Crippen MR) is 71.4 cm³/mol. The van der Waals surface area contributed by atoms with Gasteiger partial charge in [0.2, 0.25) is 0 Å². The summed E-state index contributed by atoms with van der Waals surface area (Å²) in [6.07, 6.45) is 7.16. The Kier molecular flexibility index (Phi) is 3.14. The molecule has 2 aliphatic rings. The first kappa shape index (κ1) is 12.2. The summed E-state index contributed by atoms with van der Waals surface area (Å²) in [5.41, 5.74) is 0.876. The van der Waals surface area contributed by atoms with E-state index in [4.69, 9.17) is 0 Å². The minimum Gasteiger partial charge on any atom is -0.477 e. The number of carboxylic acid groups (broad SMARTS) is 1. The molecule has 0 aliphatic heterocycles. The van der Waals surface area contributed by atoms with Crippen LogP contribution < -0.4 is 0 Å². The second kappa shape index (κ2) is 4.65. The maximum absolute atomic E-state index is 11.3. The lowest BCUT2D eigenvalue weighted by molar-refractivity contribution is 0.0700. The Labute approximate surface area is 111 Å². The number of nitrogens with zero attached hydrogens (tertiary/aromatic N) is 1. The second-order valence-corrected chi connectivity index (χ2v) is 6.85. The van der Waals surface area contributed by atoms with Crippen molar-refractivity contribution in [1.29, 1.82) is 0 Å². The van der Waals surface area contributed by atoms with E-state index in [9.17, 15) is 9.90 Å². The Morgan fingerprint density at radius 2 is 2.06 bits per heavy atom. The van der Waals surface area contributed by atoms with Gasteiger partial charge in [0.1, 0.15) is 4.88 Å². The fraction of sp³-hybridized carbons (Fsp3) is 0.714. The Balaban J connectivity index is 1.87. The van der Waals surface area contributed by atoms with Gasteiger partial charge in [0, 0.05) is 11.8 Å². The maximum Gasteiger partial charge on any atom is 0.347 e. The highest BCUT2D eigenvalue weighted by atomic mass is 32.1. The number of carboxylic acids is 1. The minimum absolute atomic E-state index is 0.433. The smallest absolute Gasteiger partial charge is 0.347 e. The SMILES string of the molecule is CC1CCCC(c2nc(C3CC3)c(C(=O)O)s2)C1. The number of aromatic nitrogens is 1. The van der Waals surface area contributed by atoms with Crippen LogP contribution in [0.1, 0.15) is 77.7 Å². The van der Waals surface area contributed by atoms with Gasteiger partial charge < -0.3 is 5.11 Å². The molecule has 1 N–H and O–H groups in total. The van der Waals surface area contributed by atoms with E-state index in [0.717, 1.165) is 29.5 Å². The Morgan fingerprint density at radius 3 is 2.67 bits per heavy atom. The number of hydrogen-bond donors (Lipinski definition) is 1. The van der Waals surface area contributed by atoms with Gasteiger partial charge in [-0.1, -0.05) is 19.8 Å². The summed E-state index contributed by atoms with van der Waals surface area (Å²) in [5, 5.41) is 10.4. The molecule has 0 radical (unpaired) electrons. The first-order valence-corrected chi connectivity index (χ1v) is 7.70. The van der Waals surface area contributed by atoms with E-state index in [2.05, 4.69) is 11.9 Å². The monoisotopic (exact) mass is 265 g/mol. The molecule has 0 spiro atoms. The van der Waals surface area contributed by atoms with Crippen molar-refractivity contribution < 1.29 is 9.90 Å². The first-order chi connectivity index (χ1) is 8.65. The molecule has 98 valence electrons. The molecule has 0 saturated heterocycles. The van der Waals surface area contributed by atoms with Crippen molar-refractivity contribution >= 4 is 17.3 Å². The lowest BCUT2D eigenvalue weighted by atomic mass is 9.83. The molecule has 2 unspecified atom stereocenters. The largest absolute Gasteiger partial charge is 0.477 e. The van der Waals surface area contributed by atoms with Crippen LogP contribution in [0.25, 0.3) is 0 Å². The molecule has 1 aromatic rings. The Morgan fingerprint density at radius 1 is 1.28 bits per heavy atom. The molecule has 0 aromatic carbocycles. The normalized spacial score (nSPS) is 28.3. The van der Waals surface area contributed by atoms with Crippen LogP contribution in [0.2, 0.25) is 0 Å². The molecule has 2 atom stereocenters. The van der Waals surface area contributed by atoms with Gasteiger partial charge in [0.25, 0.3) is 0 Å². The fourth-order valence-electron chi connectivity index (χ4n) is 2.97. The third-order valence-corrected chi connectivity index (χ3v) is 5.34. The van der Waals surface area contributed by atoms with Gasteiger partial charge in [0.05, 0.1) is 10.7 Å². The summed E-state index contributed by atoms with van der Waals surface area (Å²) in [7, 11) is 0. The molecular weight excluding hydrogens is 246 g/mol. The van der Waals surface area contributed by atoms with Crippen molar-refractivity contribution in [1.82, 2.24) is 4.98 Å². The van der Waals surface area contributed by atoms with Crippen LogP contribution in [-0.2, 0) is 0 Å². The molecule has 2 aliphatic carbocycles. The zero-order valence-electron chi connectivity index (χ0n) is 10.7. The average Bonchev–Trinajstić information content (AvgIpc) is 3.07. The summed E-state index contributed by atoms with van der Waals surface area (Å²) < 4.78 is 0. The van der Waals surface area contributed by atoms with Gasteiger partial charge in [-0.25, -0.2) is 9.78 Å². The summed E-state index contributed by atoms with van der Waals surface area (Å²) in [6.45, 7) is 2.29. The molecule has 18 heavy (non-hydrogen) atoms. The minimum atomic E-state index is -0.787. The van der Waals surface area contributed by atoms with Gasteiger partial charge in [-0.15, -0.1) is 11.3 Å². The molecule has 2 saturated carbocycles. The Bertz CT molecular complexity index is 464. The Hall–Kier alpha value is -0.900. The third kappa shape index (κ3) is 2.30.